The number of hydrogen-bond donors (Lipinski definition) is 1. The van der Waals surface area contributed by atoms with Crippen molar-refractivity contribution in [2.24, 2.45) is 0 Å². The molecular weight excluding hydrogens is 170 g/mol. The summed E-state index contributed by atoms with van der Waals surface area (Å²) in [5.74, 6) is 0. The molecule has 1 heterocycles. The van der Waals surface area contributed by atoms with Gasteiger partial charge in [-0.15, -0.1) is 6.58 Å². The highest BCUT2D eigenvalue weighted by atomic mass is 15.0. The molecule has 1 unspecified atom stereocenters. The minimum absolute atomic E-state index is 0.458. The van der Waals surface area contributed by atoms with Gasteiger partial charge in [0.25, 0.3) is 0 Å². The molecule has 1 aliphatic heterocycles. The Bertz CT molecular complexity index is 155. The molecule has 14 heavy (non-hydrogen) atoms. The Labute approximate surface area is 89.0 Å². The van der Waals surface area contributed by atoms with Crippen LogP contribution in [0, 0.1) is 0 Å². The molecule has 0 spiro atoms. The van der Waals surface area contributed by atoms with E-state index >= 15 is 0 Å². The molecule has 0 aliphatic carbocycles. The number of hydrogen-bond acceptors (Lipinski definition) is 1. The van der Waals surface area contributed by atoms with Crippen LogP contribution in [0.3, 0.4) is 0 Å². The van der Waals surface area contributed by atoms with Crippen molar-refractivity contribution < 1.29 is 0 Å². The maximum Gasteiger partial charge on any atom is 0.0179 e. The van der Waals surface area contributed by atoms with Crippen LogP contribution >= 0.6 is 0 Å². The fourth-order valence-electron chi connectivity index (χ4n) is 2.48. The Morgan fingerprint density at radius 1 is 1.36 bits per heavy atom. The molecule has 1 nitrogen and oxygen atoms in total. The monoisotopic (exact) mass is 195 g/mol. The number of rotatable bonds is 5. The van der Waals surface area contributed by atoms with Gasteiger partial charge in [-0.05, 0) is 45.1 Å². The molecule has 1 saturated heterocycles. The molecule has 0 saturated carbocycles. The molecule has 0 radical (unpaired) electrons. The molecule has 1 N–H and O–H groups in total. The molecule has 0 aromatic rings. The highest BCUT2D eigenvalue weighted by Gasteiger charge is 2.27. The molecule has 1 rings (SSSR count). The standard InChI is InChI=1S/C13H25N/c1-3-5-7-10-13(4-2)11-8-6-9-12-14-13/h3,14H,1,4-12H2,2H3. The summed E-state index contributed by atoms with van der Waals surface area (Å²) in [6.07, 6.45) is 12.7. The van der Waals surface area contributed by atoms with Crippen LogP contribution in [0.2, 0.25) is 0 Å². The highest BCUT2D eigenvalue weighted by molar-refractivity contribution is 4.89. The second-order valence-electron chi connectivity index (χ2n) is 4.55. The largest absolute Gasteiger partial charge is 0.311 e. The van der Waals surface area contributed by atoms with Crippen molar-refractivity contribution in [3.63, 3.8) is 0 Å². The van der Waals surface area contributed by atoms with Gasteiger partial charge in [-0.3, -0.25) is 0 Å². The first kappa shape index (κ1) is 11.8. The van der Waals surface area contributed by atoms with Crippen LogP contribution in [0.5, 0.6) is 0 Å². The summed E-state index contributed by atoms with van der Waals surface area (Å²) in [4.78, 5) is 0. The van der Waals surface area contributed by atoms with Gasteiger partial charge in [0, 0.05) is 5.54 Å². The topological polar surface area (TPSA) is 12.0 Å². The van der Waals surface area contributed by atoms with Gasteiger partial charge in [0.1, 0.15) is 0 Å². The van der Waals surface area contributed by atoms with Gasteiger partial charge in [-0.2, -0.15) is 0 Å². The number of allylic oxidation sites excluding steroid dienone is 1. The smallest absolute Gasteiger partial charge is 0.0179 e. The Morgan fingerprint density at radius 2 is 2.21 bits per heavy atom. The highest BCUT2D eigenvalue weighted by Crippen LogP contribution is 2.27. The third kappa shape index (κ3) is 3.45. The van der Waals surface area contributed by atoms with E-state index in [0.717, 1.165) is 0 Å². The van der Waals surface area contributed by atoms with Gasteiger partial charge in [0.2, 0.25) is 0 Å². The molecule has 0 aromatic heterocycles. The van der Waals surface area contributed by atoms with E-state index in [-0.39, 0.29) is 0 Å². The predicted octanol–water partition coefficient (Wildman–Crippen LogP) is 3.66. The summed E-state index contributed by atoms with van der Waals surface area (Å²) >= 11 is 0. The van der Waals surface area contributed by atoms with Crippen LogP contribution in [-0.4, -0.2) is 12.1 Å². The Kier molecular flexibility index (Phi) is 5.24. The summed E-state index contributed by atoms with van der Waals surface area (Å²) in [5, 5.41) is 3.77. The molecule has 1 aliphatic rings. The van der Waals surface area contributed by atoms with E-state index in [4.69, 9.17) is 0 Å². The van der Waals surface area contributed by atoms with Crippen LogP contribution in [0.1, 0.15) is 58.3 Å². The van der Waals surface area contributed by atoms with Crippen molar-refractivity contribution in [3.8, 4) is 0 Å². The maximum atomic E-state index is 3.79. The maximum absolute atomic E-state index is 3.79. The lowest BCUT2D eigenvalue weighted by atomic mass is 9.85. The predicted molar refractivity (Wildman–Crippen MR) is 63.5 cm³/mol. The fraction of sp³-hybridized carbons (Fsp3) is 0.846. The number of nitrogens with one attached hydrogen (secondary N) is 1. The molecule has 0 aromatic carbocycles. The van der Waals surface area contributed by atoms with Gasteiger partial charge in [-0.25, -0.2) is 0 Å². The zero-order valence-electron chi connectivity index (χ0n) is 9.65. The van der Waals surface area contributed by atoms with E-state index in [1.165, 1.54) is 57.9 Å². The first-order chi connectivity index (χ1) is 6.83. The van der Waals surface area contributed by atoms with Crippen molar-refractivity contribution in [2.45, 2.75) is 63.8 Å². The van der Waals surface area contributed by atoms with Crippen LogP contribution in [0.4, 0.5) is 0 Å². The zero-order chi connectivity index (χ0) is 10.3. The molecule has 1 fully saturated rings. The van der Waals surface area contributed by atoms with Gasteiger partial charge in [-0.1, -0.05) is 25.8 Å². The summed E-state index contributed by atoms with van der Waals surface area (Å²) in [6, 6.07) is 0. The average Bonchev–Trinajstić information content (AvgIpc) is 2.45. The summed E-state index contributed by atoms with van der Waals surface area (Å²) in [5.41, 5.74) is 0.458. The first-order valence-corrected chi connectivity index (χ1v) is 6.19. The SMILES string of the molecule is C=CCCCC1(CC)CCCCCN1. The summed E-state index contributed by atoms with van der Waals surface area (Å²) in [7, 11) is 0. The molecule has 0 bridgehead atoms. The van der Waals surface area contributed by atoms with Gasteiger partial charge < -0.3 is 5.32 Å². The lowest BCUT2D eigenvalue weighted by Gasteiger charge is -2.33. The minimum Gasteiger partial charge on any atom is -0.311 e. The zero-order valence-corrected chi connectivity index (χ0v) is 9.65. The summed E-state index contributed by atoms with van der Waals surface area (Å²) in [6.45, 7) is 7.34. The van der Waals surface area contributed by atoms with Crippen LogP contribution < -0.4 is 5.32 Å². The second kappa shape index (κ2) is 6.23. The lowest BCUT2D eigenvalue weighted by molar-refractivity contribution is 0.277. The van der Waals surface area contributed by atoms with Crippen molar-refractivity contribution in [3.05, 3.63) is 12.7 Å². The van der Waals surface area contributed by atoms with Crippen LogP contribution in [0.15, 0.2) is 12.7 Å². The first-order valence-electron chi connectivity index (χ1n) is 6.19. The van der Waals surface area contributed by atoms with Gasteiger partial charge in [0.15, 0.2) is 0 Å². The van der Waals surface area contributed by atoms with Crippen LogP contribution in [0.25, 0.3) is 0 Å². The Hall–Kier alpha value is -0.300. The van der Waals surface area contributed by atoms with E-state index < -0.39 is 0 Å². The van der Waals surface area contributed by atoms with E-state index in [1.54, 1.807) is 0 Å². The minimum atomic E-state index is 0.458. The van der Waals surface area contributed by atoms with Crippen molar-refractivity contribution in [2.75, 3.05) is 6.54 Å². The third-order valence-corrected chi connectivity index (χ3v) is 3.57. The Balaban J connectivity index is 2.40. The van der Waals surface area contributed by atoms with Crippen molar-refractivity contribution in [1.29, 1.82) is 0 Å². The Morgan fingerprint density at radius 3 is 2.93 bits per heavy atom. The van der Waals surface area contributed by atoms with E-state index in [2.05, 4.69) is 18.8 Å². The molecule has 1 heteroatoms. The van der Waals surface area contributed by atoms with Gasteiger partial charge >= 0.3 is 0 Å². The van der Waals surface area contributed by atoms with Crippen molar-refractivity contribution in [1.82, 2.24) is 5.32 Å². The second-order valence-corrected chi connectivity index (χ2v) is 4.55. The third-order valence-electron chi connectivity index (χ3n) is 3.57. The van der Waals surface area contributed by atoms with Crippen molar-refractivity contribution >= 4 is 0 Å². The van der Waals surface area contributed by atoms with E-state index in [0.29, 0.717) is 5.54 Å². The molecule has 82 valence electrons. The average molecular weight is 195 g/mol. The normalized spacial score (nSPS) is 28.4. The lowest BCUT2D eigenvalue weighted by Crippen LogP contribution is -2.43. The molecular formula is C13H25N. The van der Waals surface area contributed by atoms with E-state index in [1.807, 2.05) is 6.08 Å². The number of unbranched alkanes of at least 4 members (excludes halogenated alkanes) is 1. The summed E-state index contributed by atoms with van der Waals surface area (Å²) < 4.78 is 0. The molecule has 1 atom stereocenters. The fourth-order valence-corrected chi connectivity index (χ4v) is 2.48. The van der Waals surface area contributed by atoms with Crippen LogP contribution in [-0.2, 0) is 0 Å². The van der Waals surface area contributed by atoms with Gasteiger partial charge in [0.05, 0.1) is 0 Å². The molecule has 0 amide bonds. The quantitative estimate of drug-likeness (QED) is 0.521. The van der Waals surface area contributed by atoms with E-state index in [9.17, 15) is 0 Å².